The molecule has 0 bridgehead atoms. The van der Waals surface area contributed by atoms with Crippen LogP contribution in [0.4, 0.5) is 0 Å². The second-order valence-electron chi connectivity index (χ2n) is 6.52. The predicted octanol–water partition coefficient (Wildman–Crippen LogP) is 3.43. The molecule has 0 saturated heterocycles. The number of aliphatic carboxylic acids is 1. The van der Waals surface area contributed by atoms with Gasteiger partial charge in [0.2, 0.25) is 5.91 Å². The topological polar surface area (TPSA) is 75.6 Å². The molecule has 0 aliphatic heterocycles. The lowest BCUT2D eigenvalue weighted by atomic mass is 9.95. The molecular weight excluding hydrogens is 330 g/mol. The molecule has 138 valence electrons. The minimum atomic E-state index is -1.07. The summed E-state index contributed by atoms with van der Waals surface area (Å²) in [5, 5.41) is 12.3. The lowest BCUT2D eigenvalue weighted by molar-refractivity contribution is -0.142. The Morgan fingerprint density at radius 2 is 1.77 bits per heavy atom. The summed E-state index contributed by atoms with van der Waals surface area (Å²) < 4.78 is 5.13. The summed E-state index contributed by atoms with van der Waals surface area (Å²) in [5.41, 5.74) is 3.48. The van der Waals surface area contributed by atoms with E-state index in [4.69, 9.17) is 4.74 Å². The summed E-state index contributed by atoms with van der Waals surface area (Å²) in [6, 6.07) is 11.9. The number of methoxy groups -OCH3 is 1. The molecule has 2 aromatic carbocycles. The SMILES string of the molecule is COc1ccc(CC(C)C(=O)NC(C(=O)O)c2cccc(C)c2C)cc1. The van der Waals surface area contributed by atoms with E-state index in [-0.39, 0.29) is 11.8 Å². The van der Waals surface area contributed by atoms with E-state index in [1.807, 2.05) is 44.2 Å². The number of carboxylic acids is 1. The van der Waals surface area contributed by atoms with E-state index in [1.165, 1.54) is 0 Å². The normalized spacial score (nSPS) is 12.9. The first kappa shape index (κ1) is 19.5. The number of carboxylic acid groups (broad SMARTS) is 1. The van der Waals surface area contributed by atoms with Gasteiger partial charge in [-0.1, -0.05) is 37.3 Å². The minimum absolute atomic E-state index is 0.283. The number of nitrogens with one attached hydrogen (secondary N) is 1. The maximum atomic E-state index is 12.6. The van der Waals surface area contributed by atoms with Crippen molar-refractivity contribution < 1.29 is 19.4 Å². The summed E-state index contributed by atoms with van der Waals surface area (Å²) in [6.07, 6.45) is 0.523. The molecule has 0 radical (unpaired) electrons. The third-order valence-corrected chi connectivity index (χ3v) is 4.64. The van der Waals surface area contributed by atoms with Crippen LogP contribution in [0.2, 0.25) is 0 Å². The van der Waals surface area contributed by atoms with Gasteiger partial charge in [0.05, 0.1) is 7.11 Å². The average Bonchev–Trinajstić information content (AvgIpc) is 2.62. The monoisotopic (exact) mass is 355 g/mol. The van der Waals surface area contributed by atoms with Gasteiger partial charge in [-0.3, -0.25) is 4.79 Å². The van der Waals surface area contributed by atoms with Crippen LogP contribution in [-0.4, -0.2) is 24.1 Å². The van der Waals surface area contributed by atoms with Gasteiger partial charge in [-0.25, -0.2) is 4.79 Å². The molecular formula is C21H25NO4. The van der Waals surface area contributed by atoms with Gasteiger partial charge >= 0.3 is 5.97 Å². The molecule has 2 N–H and O–H groups in total. The Morgan fingerprint density at radius 3 is 2.35 bits per heavy atom. The van der Waals surface area contributed by atoms with Gasteiger partial charge in [0.15, 0.2) is 6.04 Å². The van der Waals surface area contributed by atoms with E-state index in [0.717, 1.165) is 22.4 Å². The van der Waals surface area contributed by atoms with Crippen LogP contribution in [0.25, 0.3) is 0 Å². The van der Waals surface area contributed by atoms with Crippen LogP contribution in [0.1, 0.15) is 35.2 Å². The Labute approximate surface area is 154 Å². The smallest absolute Gasteiger partial charge is 0.330 e. The van der Waals surface area contributed by atoms with Crippen molar-refractivity contribution in [2.45, 2.75) is 33.2 Å². The first-order valence-electron chi connectivity index (χ1n) is 8.55. The summed E-state index contributed by atoms with van der Waals surface area (Å²) in [4.78, 5) is 24.3. The molecule has 0 aliphatic rings. The number of benzene rings is 2. The van der Waals surface area contributed by atoms with Gasteiger partial charge in [0.25, 0.3) is 0 Å². The zero-order valence-corrected chi connectivity index (χ0v) is 15.6. The predicted molar refractivity (Wildman–Crippen MR) is 100 cm³/mol. The van der Waals surface area contributed by atoms with Crippen molar-refractivity contribution in [1.82, 2.24) is 5.32 Å². The number of carbonyl (C=O) groups is 2. The second-order valence-corrected chi connectivity index (χ2v) is 6.52. The van der Waals surface area contributed by atoms with Crippen molar-refractivity contribution in [3.63, 3.8) is 0 Å². The fourth-order valence-corrected chi connectivity index (χ4v) is 2.85. The Hall–Kier alpha value is -2.82. The van der Waals surface area contributed by atoms with Crippen LogP contribution in [0.3, 0.4) is 0 Å². The third-order valence-electron chi connectivity index (χ3n) is 4.64. The largest absolute Gasteiger partial charge is 0.497 e. The lowest BCUT2D eigenvalue weighted by Crippen LogP contribution is -2.38. The van der Waals surface area contributed by atoms with Crippen LogP contribution < -0.4 is 10.1 Å². The number of carbonyl (C=O) groups excluding carboxylic acids is 1. The molecule has 2 unspecified atom stereocenters. The highest BCUT2D eigenvalue weighted by Gasteiger charge is 2.26. The molecule has 0 saturated carbocycles. The molecule has 2 rings (SSSR count). The Balaban J connectivity index is 2.11. The van der Waals surface area contributed by atoms with E-state index >= 15 is 0 Å². The van der Waals surface area contributed by atoms with Crippen LogP contribution in [-0.2, 0) is 16.0 Å². The highest BCUT2D eigenvalue weighted by atomic mass is 16.5. The zero-order chi connectivity index (χ0) is 19.3. The van der Waals surface area contributed by atoms with Gasteiger partial charge in [0, 0.05) is 5.92 Å². The number of hydrogen-bond acceptors (Lipinski definition) is 3. The van der Waals surface area contributed by atoms with Gasteiger partial charge < -0.3 is 15.2 Å². The molecule has 5 heteroatoms. The van der Waals surface area contributed by atoms with Crippen LogP contribution in [0.5, 0.6) is 5.75 Å². The number of hydrogen-bond donors (Lipinski definition) is 2. The van der Waals surface area contributed by atoms with Crippen LogP contribution >= 0.6 is 0 Å². The van der Waals surface area contributed by atoms with Crippen molar-refractivity contribution >= 4 is 11.9 Å². The Bertz CT molecular complexity index is 783. The van der Waals surface area contributed by atoms with Crippen molar-refractivity contribution in [2.75, 3.05) is 7.11 Å². The van der Waals surface area contributed by atoms with Gasteiger partial charge in [-0.2, -0.15) is 0 Å². The summed E-state index contributed by atoms with van der Waals surface area (Å²) in [7, 11) is 1.60. The number of amides is 1. The third kappa shape index (κ3) is 4.63. The highest BCUT2D eigenvalue weighted by Crippen LogP contribution is 2.22. The van der Waals surface area contributed by atoms with Gasteiger partial charge in [0.1, 0.15) is 5.75 Å². The highest BCUT2D eigenvalue weighted by molar-refractivity contribution is 5.86. The van der Waals surface area contributed by atoms with Crippen molar-refractivity contribution in [3.05, 3.63) is 64.7 Å². The number of rotatable bonds is 7. The van der Waals surface area contributed by atoms with Crippen LogP contribution in [0, 0.1) is 19.8 Å². The van der Waals surface area contributed by atoms with E-state index in [1.54, 1.807) is 26.2 Å². The lowest BCUT2D eigenvalue weighted by Gasteiger charge is -2.20. The number of ether oxygens (including phenoxy) is 1. The molecule has 2 aromatic rings. The Morgan fingerprint density at radius 1 is 1.12 bits per heavy atom. The number of aryl methyl sites for hydroxylation is 1. The maximum absolute atomic E-state index is 12.6. The van der Waals surface area contributed by atoms with E-state index in [2.05, 4.69) is 5.32 Å². The maximum Gasteiger partial charge on any atom is 0.330 e. The zero-order valence-electron chi connectivity index (χ0n) is 15.6. The molecule has 0 heterocycles. The van der Waals surface area contributed by atoms with E-state index in [9.17, 15) is 14.7 Å². The summed E-state index contributed by atoms with van der Waals surface area (Å²) >= 11 is 0. The second kappa shape index (κ2) is 8.52. The van der Waals surface area contributed by atoms with Gasteiger partial charge in [-0.15, -0.1) is 0 Å². The molecule has 0 aliphatic carbocycles. The Kier molecular flexibility index (Phi) is 6.39. The summed E-state index contributed by atoms with van der Waals surface area (Å²) in [5.74, 6) is -0.945. The van der Waals surface area contributed by atoms with Crippen molar-refractivity contribution in [1.29, 1.82) is 0 Å². The molecule has 1 amide bonds. The van der Waals surface area contributed by atoms with Crippen molar-refractivity contribution in [3.8, 4) is 5.75 Å². The molecule has 26 heavy (non-hydrogen) atoms. The van der Waals surface area contributed by atoms with Gasteiger partial charge in [-0.05, 0) is 54.7 Å². The fourth-order valence-electron chi connectivity index (χ4n) is 2.85. The summed E-state index contributed by atoms with van der Waals surface area (Å²) in [6.45, 7) is 5.58. The molecule has 0 fully saturated rings. The average molecular weight is 355 g/mol. The first-order chi connectivity index (χ1) is 12.3. The van der Waals surface area contributed by atoms with Crippen LogP contribution in [0.15, 0.2) is 42.5 Å². The standard InChI is InChI=1S/C21H25NO4/c1-13-6-5-7-18(15(13)3)19(21(24)25)22-20(23)14(2)12-16-8-10-17(26-4)11-9-16/h5-11,14,19H,12H2,1-4H3,(H,22,23)(H,24,25). The minimum Gasteiger partial charge on any atom is -0.497 e. The fraction of sp³-hybridized carbons (Fsp3) is 0.333. The van der Waals surface area contributed by atoms with E-state index in [0.29, 0.717) is 12.0 Å². The van der Waals surface area contributed by atoms with E-state index < -0.39 is 12.0 Å². The quantitative estimate of drug-likeness (QED) is 0.798. The molecule has 0 aromatic heterocycles. The molecule has 0 spiro atoms. The first-order valence-corrected chi connectivity index (χ1v) is 8.55. The van der Waals surface area contributed by atoms with Crippen molar-refractivity contribution in [2.24, 2.45) is 5.92 Å². The molecule has 2 atom stereocenters. The molecule has 5 nitrogen and oxygen atoms in total.